The lowest BCUT2D eigenvalue weighted by Gasteiger charge is -2.51. The van der Waals surface area contributed by atoms with Gasteiger partial charge in [-0.05, 0) is 93.7 Å². The Kier molecular flexibility index (Phi) is 6.74. The Morgan fingerprint density at radius 1 is 1.08 bits per heavy atom. The zero-order valence-corrected chi connectivity index (χ0v) is 22.3. The van der Waals surface area contributed by atoms with E-state index < -0.39 is 5.54 Å². The number of amidine groups is 1. The van der Waals surface area contributed by atoms with E-state index in [2.05, 4.69) is 22.8 Å². The van der Waals surface area contributed by atoms with Crippen molar-refractivity contribution >= 4 is 29.2 Å². The molecule has 4 aliphatic rings. The van der Waals surface area contributed by atoms with Gasteiger partial charge in [-0.25, -0.2) is 9.18 Å². The molecular weight excluding hydrogens is 487 g/mol. The fourth-order valence-electron chi connectivity index (χ4n) is 7.05. The number of carbonyl (C=O) groups excluding carboxylic acids is 1. The van der Waals surface area contributed by atoms with Crippen molar-refractivity contribution in [2.75, 3.05) is 24.5 Å². The molecule has 1 saturated carbocycles. The molecule has 3 aliphatic heterocycles. The predicted octanol–water partition coefficient (Wildman–Crippen LogP) is 6.55. The summed E-state index contributed by atoms with van der Waals surface area (Å²) >= 11 is 6.29. The summed E-state index contributed by atoms with van der Waals surface area (Å²) in [5.41, 5.74) is 1.25. The minimum absolute atomic E-state index is 0.262. The van der Waals surface area contributed by atoms with Crippen molar-refractivity contribution in [3.8, 4) is 0 Å². The molecule has 6 rings (SSSR count). The average molecular weight is 523 g/mol. The summed E-state index contributed by atoms with van der Waals surface area (Å²) in [5, 5.41) is 0.747. The van der Waals surface area contributed by atoms with Crippen LogP contribution in [0.5, 0.6) is 0 Å². The minimum Gasteiger partial charge on any atom is -0.355 e. The monoisotopic (exact) mass is 522 g/mol. The first kappa shape index (κ1) is 24.9. The van der Waals surface area contributed by atoms with Crippen molar-refractivity contribution in [3.63, 3.8) is 0 Å². The van der Waals surface area contributed by atoms with Gasteiger partial charge in [0.15, 0.2) is 0 Å². The lowest BCUT2D eigenvalue weighted by molar-refractivity contribution is 0.0875. The molecule has 7 heteroatoms. The number of amides is 2. The summed E-state index contributed by atoms with van der Waals surface area (Å²) < 4.78 is 14.4. The van der Waals surface area contributed by atoms with Gasteiger partial charge in [0.1, 0.15) is 17.2 Å². The predicted molar refractivity (Wildman–Crippen MR) is 147 cm³/mol. The quantitative estimate of drug-likeness (QED) is 0.447. The van der Waals surface area contributed by atoms with E-state index in [0.717, 1.165) is 68.5 Å². The molecule has 196 valence electrons. The van der Waals surface area contributed by atoms with Gasteiger partial charge in [-0.15, -0.1) is 0 Å². The number of benzene rings is 2. The van der Waals surface area contributed by atoms with E-state index in [9.17, 15) is 9.18 Å². The highest BCUT2D eigenvalue weighted by molar-refractivity contribution is 6.30. The molecule has 37 heavy (non-hydrogen) atoms. The van der Waals surface area contributed by atoms with Crippen molar-refractivity contribution in [1.82, 2.24) is 9.80 Å². The number of anilines is 1. The van der Waals surface area contributed by atoms with E-state index in [1.807, 2.05) is 29.2 Å². The first-order chi connectivity index (χ1) is 17.9. The third-order valence-electron chi connectivity index (χ3n) is 9.10. The summed E-state index contributed by atoms with van der Waals surface area (Å²) in [6.07, 6.45) is 8.61. The maximum absolute atomic E-state index is 14.4. The van der Waals surface area contributed by atoms with Crippen molar-refractivity contribution in [3.05, 3.63) is 64.9 Å². The number of hydrogen-bond donors (Lipinski definition) is 0. The van der Waals surface area contributed by atoms with E-state index in [4.69, 9.17) is 16.6 Å². The van der Waals surface area contributed by atoms with Crippen LogP contribution in [0.4, 0.5) is 14.9 Å². The fraction of sp³-hybridized carbons (Fsp3) is 0.533. The molecule has 1 unspecified atom stereocenters. The van der Waals surface area contributed by atoms with Gasteiger partial charge in [0.2, 0.25) is 0 Å². The van der Waals surface area contributed by atoms with Gasteiger partial charge >= 0.3 is 6.03 Å². The molecule has 1 spiro atoms. The van der Waals surface area contributed by atoms with Gasteiger partial charge in [-0.2, -0.15) is 4.99 Å². The number of piperidine rings is 1. The van der Waals surface area contributed by atoms with Crippen molar-refractivity contribution in [2.24, 2.45) is 10.9 Å². The highest BCUT2D eigenvalue weighted by atomic mass is 35.5. The summed E-state index contributed by atoms with van der Waals surface area (Å²) in [7, 11) is 0. The Labute approximate surface area is 224 Å². The molecule has 0 radical (unpaired) electrons. The van der Waals surface area contributed by atoms with Crippen LogP contribution in [0.3, 0.4) is 0 Å². The molecule has 5 nitrogen and oxygen atoms in total. The number of hydrogen-bond acceptors (Lipinski definition) is 3. The van der Waals surface area contributed by atoms with Gasteiger partial charge in [-0.1, -0.05) is 36.2 Å². The molecular formula is C30H36ClFN4O. The Hall–Kier alpha value is -2.44. The summed E-state index contributed by atoms with van der Waals surface area (Å²) in [5.74, 6) is 1.36. The normalized spacial score (nSPS) is 28.7. The zero-order valence-electron chi connectivity index (χ0n) is 21.6. The van der Waals surface area contributed by atoms with Gasteiger partial charge < -0.3 is 9.80 Å². The van der Waals surface area contributed by atoms with Crippen LogP contribution in [-0.2, 0) is 6.42 Å². The van der Waals surface area contributed by atoms with E-state index in [1.165, 1.54) is 37.0 Å². The first-order valence-corrected chi connectivity index (χ1v) is 14.2. The summed E-state index contributed by atoms with van der Waals surface area (Å²) in [6.45, 7) is 5.23. The van der Waals surface area contributed by atoms with Crippen LogP contribution < -0.4 is 4.90 Å². The molecule has 2 aromatic rings. The molecule has 0 bridgehead atoms. The summed E-state index contributed by atoms with van der Waals surface area (Å²) in [4.78, 5) is 25.2. The van der Waals surface area contributed by atoms with E-state index in [-0.39, 0.29) is 17.9 Å². The van der Waals surface area contributed by atoms with E-state index in [1.54, 1.807) is 6.07 Å². The Morgan fingerprint density at radius 2 is 1.92 bits per heavy atom. The van der Waals surface area contributed by atoms with Crippen LogP contribution in [0.15, 0.2) is 53.5 Å². The number of rotatable bonds is 5. The third kappa shape index (κ3) is 4.67. The highest BCUT2D eigenvalue weighted by Crippen LogP contribution is 2.44. The Morgan fingerprint density at radius 3 is 2.65 bits per heavy atom. The average Bonchev–Trinajstić information content (AvgIpc) is 3.39. The molecule has 3 atom stereocenters. The van der Waals surface area contributed by atoms with Gasteiger partial charge in [-0.3, -0.25) is 4.90 Å². The second-order valence-electron chi connectivity index (χ2n) is 11.5. The number of urea groups is 1. The minimum atomic E-state index is -0.558. The Balaban J connectivity index is 1.33. The van der Waals surface area contributed by atoms with Crippen LogP contribution >= 0.6 is 11.6 Å². The smallest absolute Gasteiger partial charge is 0.350 e. The molecule has 3 fully saturated rings. The topological polar surface area (TPSA) is 39.1 Å². The second-order valence-corrected chi connectivity index (χ2v) is 11.9. The van der Waals surface area contributed by atoms with Crippen LogP contribution in [0.25, 0.3) is 0 Å². The standard InChI is InChI=1S/C30H36ClFN4O/c1-21-19-30(13-15-34(21)20-22-6-2-7-22)28(33-29(37)36(30)27-11-4-10-25(32)18-27)35-14-5-12-26(35)17-23-8-3-9-24(31)16-23/h3-4,8-11,16,18,21-22,26H,2,5-7,12-15,17,19-20H2,1H3/t21-,26?,30+/m0/s1. The number of nitrogens with zero attached hydrogens (tertiary/aromatic N) is 4. The maximum atomic E-state index is 14.4. The molecule has 0 N–H and O–H groups in total. The van der Waals surface area contributed by atoms with Crippen LogP contribution in [-0.4, -0.2) is 58.9 Å². The van der Waals surface area contributed by atoms with Crippen LogP contribution in [0.1, 0.15) is 57.4 Å². The van der Waals surface area contributed by atoms with Crippen LogP contribution in [0.2, 0.25) is 5.02 Å². The lowest BCUT2D eigenvalue weighted by atomic mass is 9.78. The second kappa shape index (κ2) is 10.0. The molecule has 2 amide bonds. The third-order valence-corrected chi connectivity index (χ3v) is 9.33. The first-order valence-electron chi connectivity index (χ1n) is 13.9. The SMILES string of the molecule is C[C@H]1C[C@]2(CCN1CC1CCC1)C(N1CCCC1Cc1cccc(Cl)c1)=NC(=O)N2c1cccc(F)c1. The molecule has 2 saturated heterocycles. The largest absolute Gasteiger partial charge is 0.355 e. The lowest BCUT2D eigenvalue weighted by Crippen LogP contribution is -2.64. The van der Waals surface area contributed by atoms with E-state index in [0.29, 0.717) is 11.7 Å². The molecule has 2 aromatic carbocycles. The molecule has 0 aromatic heterocycles. The highest BCUT2D eigenvalue weighted by Gasteiger charge is 2.56. The van der Waals surface area contributed by atoms with Crippen LogP contribution in [0, 0.1) is 11.7 Å². The molecule has 3 heterocycles. The zero-order chi connectivity index (χ0) is 25.6. The summed E-state index contributed by atoms with van der Waals surface area (Å²) in [6, 6.07) is 14.8. The number of carbonyl (C=O) groups is 1. The number of halogens is 2. The van der Waals surface area contributed by atoms with Gasteiger partial charge in [0.05, 0.1) is 0 Å². The van der Waals surface area contributed by atoms with Crippen molar-refractivity contribution in [1.29, 1.82) is 0 Å². The number of aliphatic imine (C=N–C) groups is 1. The van der Waals surface area contributed by atoms with Gasteiger partial charge in [0.25, 0.3) is 0 Å². The number of likely N-dealkylation sites (tertiary alicyclic amines) is 2. The maximum Gasteiger partial charge on any atom is 0.350 e. The Bertz CT molecular complexity index is 1200. The fourth-order valence-corrected chi connectivity index (χ4v) is 7.26. The van der Waals surface area contributed by atoms with Crippen molar-refractivity contribution in [2.45, 2.75) is 75.9 Å². The van der Waals surface area contributed by atoms with E-state index >= 15 is 0 Å². The van der Waals surface area contributed by atoms with Crippen molar-refractivity contribution < 1.29 is 9.18 Å². The van der Waals surface area contributed by atoms with Gasteiger partial charge in [0, 0.05) is 42.4 Å². The molecule has 1 aliphatic carbocycles.